The Balaban J connectivity index is 1.53. The first-order chi connectivity index (χ1) is 12.6. The van der Waals surface area contributed by atoms with E-state index in [0.29, 0.717) is 4.88 Å². The van der Waals surface area contributed by atoms with Gasteiger partial charge in [-0.1, -0.05) is 17.7 Å². The molecular formula is C18H12ClFN4OS. The highest BCUT2D eigenvalue weighted by Gasteiger charge is 2.15. The third kappa shape index (κ3) is 3.07. The van der Waals surface area contributed by atoms with Gasteiger partial charge in [0.15, 0.2) is 5.65 Å². The molecule has 26 heavy (non-hydrogen) atoms. The van der Waals surface area contributed by atoms with E-state index >= 15 is 0 Å². The van der Waals surface area contributed by atoms with Crippen LogP contribution in [-0.2, 0) is 6.54 Å². The third-order valence-electron chi connectivity index (χ3n) is 3.85. The number of nitrogens with one attached hydrogen (secondary N) is 1. The van der Waals surface area contributed by atoms with Gasteiger partial charge in [0.2, 0.25) is 0 Å². The smallest absolute Gasteiger partial charge is 0.261 e. The molecule has 0 unspecified atom stereocenters. The zero-order chi connectivity index (χ0) is 18.1. The summed E-state index contributed by atoms with van der Waals surface area (Å²) in [5.41, 5.74) is 1.81. The van der Waals surface area contributed by atoms with Crippen LogP contribution >= 0.6 is 22.9 Å². The van der Waals surface area contributed by atoms with Crippen LogP contribution < -0.4 is 5.32 Å². The van der Waals surface area contributed by atoms with Gasteiger partial charge in [0.25, 0.3) is 5.91 Å². The maximum Gasteiger partial charge on any atom is 0.261 e. The molecule has 0 radical (unpaired) electrons. The molecule has 0 saturated heterocycles. The van der Waals surface area contributed by atoms with Crippen molar-refractivity contribution in [3.05, 3.63) is 76.1 Å². The lowest BCUT2D eigenvalue weighted by Crippen LogP contribution is -2.22. The lowest BCUT2D eigenvalue weighted by Gasteiger charge is -2.07. The SMILES string of the molecule is O=C(NCc1c(F)cccc1Cl)c1ccc(-c2cnc3cccnn23)s1. The summed E-state index contributed by atoms with van der Waals surface area (Å²) in [6.45, 7) is 0.0226. The van der Waals surface area contributed by atoms with Gasteiger partial charge in [-0.05, 0) is 36.4 Å². The number of carbonyl (C=O) groups excluding carboxylic acids is 1. The van der Waals surface area contributed by atoms with Crippen molar-refractivity contribution in [2.24, 2.45) is 0 Å². The van der Waals surface area contributed by atoms with Gasteiger partial charge in [0.1, 0.15) is 11.5 Å². The van der Waals surface area contributed by atoms with Crippen LogP contribution in [0.25, 0.3) is 16.2 Å². The van der Waals surface area contributed by atoms with Crippen LogP contribution in [0.15, 0.2) is 54.9 Å². The van der Waals surface area contributed by atoms with Gasteiger partial charge >= 0.3 is 0 Å². The number of aromatic nitrogens is 3. The van der Waals surface area contributed by atoms with Crippen molar-refractivity contribution in [2.75, 3.05) is 0 Å². The van der Waals surface area contributed by atoms with Crippen molar-refractivity contribution < 1.29 is 9.18 Å². The Morgan fingerprint density at radius 3 is 2.96 bits per heavy atom. The van der Waals surface area contributed by atoms with Gasteiger partial charge in [-0.2, -0.15) is 5.10 Å². The number of amides is 1. The van der Waals surface area contributed by atoms with Crippen molar-refractivity contribution in [2.45, 2.75) is 6.54 Å². The van der Waals surface area contributed by atoms with E-state index in [1.165, 1.54) is 23.5 Å². The van der Waals surface area contributed by atoms with Crippen LogP contribution in [0.4, 0.5) is 4.39 Å². The predicted octanol–water partition coefficient (Wildman–Crippen LogP) is 4.18. The first-order valence-electron chi connectivity index (χ1n) is 7.73. The number of nitrogens with zero attached hydrogens (tertiary/aromatic N) is 3. The molecule has 1 aromatic carbocycles. The topological polar surface area (TPSA) is 59.3 Å². The largest absolute Gasteiger partial charge is 0.347 e. The summed E-state index contributed by atoms with van der Waals surface area (Å²) >= 11 is 7.30. The summed E-state index contributed by atoms with van der Waals surface area (Å²) in [6.07, 6.45) is 3.40. The summed E-state index contributed by atoms with van der Waals surface area (Å²) in [7, 11) is 0. The van der Waals surface area contributed by atoms with E-state index in [2.05, 4.69) is 15.4 Å². The molecule has 0 aliphatic rings. The zero-order valence-corrected chi connectivity index (χ0v) is 14.9. The number of fused-ring (bicyclic) bond motifs is 1. The van der Waals surface area contributed by atoms with Crippen molar-refractivity contribution in [3.8, 4) is 10.6 Å². The molecule has 5 nitrogen and oxygen atoms in total. The number of hydrogen-bond donors (Lipinski definition) is 1. The van der Waals surface area contributed by atoms with Gasteiger partial charge in [-0.3, -0.25) is 4.79 Å². The minimum absolute atomic E-state index is 0.0226. The zero-order valence-electron chi connectivity index (χ0n) is 13.3. The van der Waals surface area contributed by atoms with Gasteiger partial charge in [-0.25, -0.2) is 13.9 Å². The molecule has 0 bridgehead atoms. The number of imidazole rings is 1. The molecule has 3 heterocycles. The first kappa shape index (κ1) is 16.7. The van der Waals surface area contributed by atoms with Crippen molar-refractivity contribution >= 4 is 34.5 Å². The third-order valence-corrected chi connectivity index (χ3v) is 5.31. The number of thiophene rings is 1. The Hall–Kier alpha value is -2.77. The number of hydrogen-bond acceptors (Lipinski definition) is 4. The van der Waals surface area contributed by atoms with Crippen LogP contribution in [0.2, 0.25) is 5.02 Å². The molecule has 130 valence electrons. The van der Waals surface area contributed by atoms with E-state index in [0.717, 1.165) is 16.2 Å². The molecular weight excluding hydrogens is 375 g/mol. The minimum Gasteiger partial charge on any atom is -0.347 e. The van der Waals surface area contributed by atoms with Gasteiger partial charge in [0.05, 0.1) is 16.0 Å². The Bertz CT molecular complexity index is 1090. The van der Waals surface area contributed by atoms with Crippen LogP contribution in [0.5, 0.6) is 0 Å². The normalized spacial score (nSPS) is 11.0. The number of halogens is 2. The Morgan fingerprint density at radius 2 is 2.12 bits per heavy atom. The summed E-state index contributed by atoms with van der Waals surface area (Å²) < 4.78 is 15.5. The van der Waals surface area contributed by atoms with Crippen molar-refractivity contribution in [3.63, 3.8) is 0 Å². The second-order valence-corrected chi connectivity index (χ2v) is 6.97. The number of rotatable bonds is 4. The fraction of sp³-hybridized carbons (Fsp3) is 0.0556. The molecule has 0 saturated carbocycles. The lowest BCUT2D eigenvalue weighted by molar-refractivity contribution is 0.0954. The predicted molar refractivity (Wildman–Crippen MR) is 98.9 cm³/mol. The summed E-state index contributed by atoms with van der Waals surface area (Å²) in [4.78, 5) is 18.1. The van der Waals surface area contributed by atoms with Crippen LogP contribution in [-0.4, -0.2) is 20.5 Å². The minimum atomic E-state index is -0.443. The molecule has 8 heteroatoms. The maximum absolute atomic E-state index is 13.8. The molecule has 0 atom stereocenters. The van der Waals surface area contributed by atoms with Crippen molar-refractivity contribution in [1.82, 2.24) is 19.9 Å². The monoisotopic (exact) mass is 386 g/mol. The number of benzene rings is 1. The van der Waals surface area contributed by atoms with Gasteiger partial charge in [-0.15, -0.1) is 11.3 Å². The van der Waals surface area contributed by atoms with Gasteiger partial charge in [0, 0.05) is 23.3 Å². The molecule has 0 fully saturated rings. The van der Waals surface area contributed by atoms with E-state index in [1.54, 1.807) is 29.0 Å². The highest BCUT2D eigenvalue weighted by molar-refractivity contribution is 7.17. The highest BCUT2D eigenvalue weighted by atomic mass is 35.5. The van der Waals surface area contributed by atoms with Crippen LogP contribution in [0.1, 0.15) is 15.2 Å². The van der Waals surface area contributed by atoms with Crippen molar-refractivity contribution in [1.29, 1.82) is 0 Å². The van der Waals surface area contributed by atoms with E-state index in [9.17, 15) is 9.18 Å². The van der Waals surface area contributed by atoms with E-state index in [4.69, 9.17) is 11.6 Å². The van der Waals surface area contributed by atoms with E-state index in [-0.39, 0.29) is 23.0 Å². The average Bonchev–Trinajstić information content (AvgIpc) is 3.28. The van der Waals surface area contributed by atoms with Gasteiger partial charge < -0.3 is 5.32 Å². The molecule has 1 amide bonds. The average molecular weight is 387 g/mol. The standard InChI is InChI=1S/C18H12ClFN4OS/c19-12-3-1-4-13(20)11(12)9-22-18(25)16-7-6-15(26-16)14-10-21-17-5-2-8-23-24(14)17/h1-8,10H,9H2,(H,22,25). The first-order valence-corrected chi connectivity index (χ1v) is 8.93. The lowest BCUT2D eigenvalue weighted by atomic mass is 10.2. The quantitative estimate of drug-likeness (QED) is 0.572. The molecule has 0 aliphatic carbocycles. The second kappa shape index (κ2) is 6.86. The molecule has 3 aromatic heterocycles. The fourth-order valence-electron chi connectivity index (χ4n) is 2.55. The van der Waals surface area contributed by atoms with E-state index < -0.39 is 5.82 Å². The molecule has 0 spiro atoms. The summed E-state index contributed by atoms with van der Waals surface area (Å²) in [5, 5.41) is 7.26. The molecule has 1 N–H and O–H groups in total. The van der Waals surface area contributed by atoms with E-state index in [1.807, 2.05) is 18.2 Å². The number of carbonyl (C=O) groups is 1. The molecule has 0 aliphatic heterocycles. The molecule has 4 rings (SSSR count). The Morgan fingerprint density at radius 1 is 1.23 bits per heavy atom. The Labute approximate surface area is 157 Å². The van der Waals surface area contributed by atoms with Crippen LogP contribution in [0.3, 0.4) is 0 Å². The van der Waals surface area contributed by atoms with Crippen LogP contribution in [0, 0.1) is 5.82 Å². The second-order valence-electron chi connectivity index (χ2n) is 5.48. The molecule has 4 aromatic rings. The summed E-state index contributed by atoms with van der Waals surface area (Å²) in [6, 6.07) is 11.7. The summed E-state index contributed by atoms with van der Waals surface area (Å²) in [5.74, 6) is -0.733. The maximum atomic E-state index is 13.8. The fourth-order valence-corrected chi connectivity index (χ4v) is 3.70. The highest BCUT2D eigenvalue weighted by Crippen LogP contribution is 2.28. The Kier molecular flexibility index (Phi) is 4.40.